The molecule has 9 heteroatoms. The van der Waals surface area contributed by atoms with Gasteiger partial charge < -0.3 is 14.4 Å². The maximum Gasteiger partial charge on any atom is 0.305 e. The highest BCUT2D eigenvalue weighted by molar-refractivity contribution is 7.85. The Balaban J connectivity index is 1.31. The lowest BCUT2D eigenvalue weighted by atomic mass is 9.81. The Hall–Kier alpha value is -4.99. The van der Waals surface area contributed by atoms with Gasteiger partial charge in [-0.25, -0.2) is 0 Å². The largest absolute Gasteiger partial charge is 0.497 e. The molecule has 54 heavy (non-hydrogen) atoms. The van der Waals surface area contributed by atoms with E-state index < -0.39 is 15.5 Å². The Bertz CT molecular complexity index is 2280. The van der Waals surface area contributed by atoms with Crippen LogP contribution in [0.5, 0.6) is 5.75 Å². The summed E-state index contributed by atoms with van der Waals surface area (Å²) < 4.78 is 46.8. The molecule has 0 atom stereocenters. The average Bonchev–Trinajstić information content (AvgIpc) is 3.49. The molecule has 0 unspecified atom stereocenters. The number of unbranched alkanes of at least 4 members (excludes halogenated alkanes) is 2. The van der Waals surface area contributed by atoms with Gasteiger partial charge in [0.2, 0.25) is 5.69 Å². The van der Waals surface area contributed by atoms with Crippen LogP contribution in [0.15, 0.2) is 120 Å². The van der Waals surface area contributed by atoms with Crippen LogP contribution in [0, 0.1) is 0 Å². The number of carbonyl (C=O) groups excluding carboxylic acids is 1. The third-order valence-electron chi connectivity index (χ3n) is 10.7. The summed E-state index contributed by atoms with van der Waals surface area (Å²) in [5, 5.41) is 2.48. The van der Waals surface area contributed by atoms with Crippen molar-refractivity contribution >= 4 is 43.9 Å². The molecule has 6 rings (SSSR count). The molecule has 0 fully saturated rings. The summed E-state index contributed by atoms with van der Waals surface area (Å²) in [5.74, 6) is 0.640. The van der Waals surface area contributed by atoms with Crippen molar-refractivity contribution in [3.8, 4) is 5.75 Å². The lowest BCUT2D eigenvalue weighted by molar-refractivity contribution is -0.455. The van der Waals surface area contributed by atoms with Gasteiger partial charge in [-0.15, -0.1) is 0 Å². The van der Waals surface area contributed by atoms with E-state index in [0.29, 0.717) is 19.6 Å². The number of fused-ring (bicyclic) bond motifs is 4. The minimum absolute atomic E-state index is 0.119. The first-order chi connectivity index (χ1) is 25.8. The highest BCUT2D eigenvalue weighted by Crippen LogP contribution is 2.51. The Labute approximate surface area is 319 Å². The number of anilines is 1. The normalized spacial score (nSPS) is 16.9. The monoisotopic (exact) mass is 747 g/mol. The third kappa shape index (κ3) is 7.79. The zero-order chi connectivity index (χ0) is 38.7. The molecule has 0 radical (unpaired) electrons. The van der Waals surface area contributed by atoms with Crippen molar-refractivity contribution in [3.63, 3.8) is 0 Å². The fraction of sp³-hybridized carbons (Fsp3) is 0.333. The summed E-state index contributed by atoms with van der Waals surface area (Å²) in [7, 11) is -2.73. The van der Waals surface area contributed by atoms with Crippen molar-refractivity contribution in [2.75, 3.05) is 25.2 Å². The summed E-state index contributed by atoms with van der Waals surface area (Å²) in [4.78, 5) is 14.2. The van der Waals surface area contributed by atoms with Crippen LogP contribution >= 0.6 is 0 Å². The van der Waals surface area contributed by atoms with E-state index >= 15 is 0 Å². The molecule has 8 nitrogen and oxygen atoms in total. The quantitative estimate of drug-likeness (QED) is 0.0451. The van der Waals surface area contributed by atoms with Crippen LogP contribution < -0.4 is 9.64 Å². The number of methoxy groups -OCH3 is 1. The van der Waals surface area contributed by atoms with Crippen molar-refractivity contribution in [2.24, 2.45) is 0 Å². The van der Waals surface area contributed by atoms with Gasteiger partial charge in [-0.3, -0.25) is 9.35 Å². The van der Waals surface area contributed by atoms with Crippen molar-refractivity contribution in [1.29, 1.82) is 0 Å². The van der Waals surface area contributed by atoms with Crippen molar-refractivity contribution in [2.45, 2.75) is 82.6 Å². The van der Waals surface area contributed by atoms with Gasteiger partial charge in [-0.2, -0.15) is 13.0 Å². The van der Waals surface area contributed by atoms with Gasteiger partial charge in [0.25, 0.3) is 10.1 Å². The molecule has 2 aliphatic heterocycles. The lowest BCUT2D eigenvalue weighted by Gasteiger charge is -2.27. The number of nitrogens with zero attached hydrogens (tertiary/aromatic N) is 2. The van der Waals surface area contributed by atoms with Crippen molar-refractivity contribution < 1.29 is 31.8 Å². The Morgan fingerprint density at radius 1 is 0.889 bits per heavy atom. The molecule has 0 saturated heterocycles. The van der Waals surface area contributed by atoms with E-state index in [4.69, 9.17) is 9.47 Å². The van der Waals surface area contributed by atoms with E-state index in [9.17, 15) is 17.8 Å². The maximum absolute atomic E-state index is 12.1. The second kappa shape index (κ2) is 15.8. The molecule has 0 aliphatic carbocycles. The van der Waals surface area contributed by atoms with Gasteiger partial charge in [0, 0.05) is 53.0 Å². The lowest BCUT2D eigenvalue weighted by Crippen LogP contribution is -2.27. The molecule has 0 spiro atoms. The molecule has 0 aromatic heterocycles. The second-order valence-electron chi connectivity index (χ2n) is 15.0. The van der Waals surface area contributed by atoms with Crippen LogP contribution in [0.3, 0.4) is 0 Å². The second-order valence-corrected chi connectivity index (χ2v) is 16.4. The molecule has 1 N–H and O–H groups in total. The number of carbonyl (C=O) groups is 1. The molecule has 0 bridgehead atoms. The van der Waals surface area contributed by atoms with Crippen molar-refractivity contribution in [3.05, 3.63) is 132 Å². The van der Waals surface area contributed by atoms with Gasteiger partial charge in [0.05, 0.1) is 24.0 Å². The highest BCUT2D eigenvalue weighted by atomic mass is 32.2. The Kier molecular flexibility index (Phi) is 11.3. The fourth-order valence-corrected chi connectivity index (χ4v) is 8.49. The number of esters is 1. The van der Waals surface area contributed by atoms with E-state index in [2.05, 4.69) is 91.8 Å². The summed E-state index contributed by atoms with van der Waals surface area (Å²) in [6.45, 7) is 12.4. The topological polar surface area (TPSA) is 96.2 Å². The van der Waals surface area contributed by atoms with Crippen LogP contribution in [0.4, 0.5) is 11.4 Å². The number of benzene rings is 4. The van der Waals surface area contributed by atoms with Crippen LogP contribution in [0.2, 0.25) is 0 Å². The number of hydrogen-bond donors (Lipinski definition) is 1. The summed E-state index contributed by atoms with van der Waals surface area (Å²) >= 11 is 0. The average molecular weight is 748 g/mol. The van der Waals surface area contributed by atoms with Gasteiger partial charge in [-0.05, 0) is 98.5 Å². The minimum atomic E-state index is -4.37. The van der Waals surface area contributed by atoms with E-state index in [1.807, 2.05) is 43.3 Å². The first-order valence-electron chi connectivity index (χ1n) is 18.7. The van der Waals surface area contributed by atoms with E-state index in [1.165, 1.54) is 33.8 Å². The van der Waals surface area contributed by atoms with Crippen LogP contribution in [0.25, 0.3) is 10.8 Å². The predicted molar refractivity (Wildman–Crippen MR) is 217 cm³/mol. The molecule has 282 valence electrons. The van der Waals surface area contributed by atoms with Gasteiger partial charge in [0.15, 0.2) is 12.3 Å². The molecule has 4 aromatic carbocycles. The van der Waals surface area contributed by atoms with E-state index in [-0.39, 0.29) is 16.3 Å². The standard InChI is InChI=1S/C45H50N2O6S/c1-7-53-42(48)20-12-9-15-29-46-39-27-23-33-16-13-14-17-36(33)43(39)45(4,5)41(46)19-11-8-10-18-40-44(2,3)37-30-35(54(49,50)51)26-28-38(37)47(40)31-32-21-24-34(52-6)25-22-32/h8,10-11,13-14,16-19,21-28,30H,7,9,12,15,20,29,31H2,1-6H3/p+1. The summed E-state index contributed by atoms with van der Waals surface area (Å²) in [6, 6.07) is 25.8. The zero-order valence-corrected chi connectivity index (χ0v) is 32.9. The van der Waals surface area contributed by atoms with E-state index in [1.54, 1.807) is 19.2 Å². The first kappa shape index (κ1) is 38.7. The molecular weight excluding hydrogens is 697 g/mol. The molecule has 0 amide bonds. The number of ether oxygens (including phenoxy) is 2. The zero-order valence-electron chi connectivity index (χ0n) is 32.1. The summed E-state index contributed by atoms with van der Waals surface area (Å²) in [5.41, 5.74) is 6.75. The number of hydrogen-bond acceptors (Lipinski definition) is 6. The predicted octanol–water partition coefficient (Wildman–Crippen LogP) is 9.59. The molecule has 4 aromatic rings. The Morgan fingerprint density at radius 2 is 1.65 bits per heavy atom. The highest BCUT2D eigenvalue weighted by Gasteiger charge is 2.45. The van der Waals surface area contributed by atoms with Crippen molar-refractivity contribution in [1.82, 2.24) is 0 Å². The maximum atomic E-state index is 12.1. The molecule has 0 saturated carbocycles. The Morgan fingerprint density at radius 3 is 2.37 bits per heavy atom. The number of allylic oxidation sites excluding steroid dienone is 6. The van der Waals surface area contributed by atoms with Gasteiger partial charge in [-0.1, -0.05) is 68.8 Å². The van der Waals surface area contributed by atoms with Crippen LogP contribution in [0.1, 0.15) is 77.0 Å². The van der Waals surface area contributed by atoms with Crippen LogP contribution in [-0.4, -0.2) is 49.5 Å². The molecule has 2 aliphatic rings. The number of rotatable bonds is 14. The fourth-order valence-electron chi connectivity index (χ4n) is 7.98. The molecular formula is C45H51N2O6S+. The first-order valence-corrected chi connectivity index (χ1v) is 20.1. The van der Waals surface area contributed by atoms with E-state index in [0.717, 1.165) is 54.1 Å². The third-order valence-corrected chi connectivity index (χ3v) is 11.6. The smallest absolute Gasteiger partial charge is 0.305 e. The van der Waals surface area contributed by atoms with Gasteiger partial charge in [0.1, 0.15) is 5.75 Å². The SMILES string of the molecule is CCOC(=O)CCCCCN1/C(=C/C=C/C=C/C2=[N+](Cc3ccc(OC)cc3)c3ccc(S(=O)(=O)O)cc3C2(C)C)C(C)(C)c2c1ccc1ccccc21. The van der Waals surface area contributed by atoms with Gasteiger partial charge >= 0.3 is 5.97 Å². The summed E-state index contributed by atoms with van der Waals surface area (Å²) in [6.07, 6.45) is 13.6. The minimum Gasteiger partial charge on any atom is -0.497 e. The van der Waals surface area contributed by atoms with Crippen LogP contribution in [-0.2, 0) is 37.0 Å². The molecule has 2 heterocycles.